The first-order chi connectivity index (χ1) is 8.85. The predicted octanol–water partition coefficient (Wildman–Crippen LogP) is 1.31. The smallest absolute Gasteiger partial charge is 0.144 e. The van der Waals surface area contributed by atoms with E-state index in [9.17, 15) is 0 Å². The van der Waals surface area contributed by atoms with Crippen molar-refractivity contribution in [2.75, 3.05) is 49.6 Å². The molecule has 4 heteroatoms. The molecule has 1 atom stereocenters. The van der Waals surface area contributed by atoms with Gasteiger partial charge in [0, 0.05) is 32.7 Å². The molecule has 4 nitrogen and oxygen atoms in total. The molecule has 0 radical (unpaired) electrons. The number of hydrogen-bond acceptors (Lipinski definition) is 4. The van der Waals surface area contributed by atoms with Gasteiger partial charge in [-0.05, 0) is 19.1 Å². The van der Waals surface area contributed by atoms with Gasteiger partial charge in [-0.2, -0.15) is 0 Å². The van der Waals surface area contributed by atoms with E-state index < -0.39 is 0 Å². The second-order valence-corrected chi connectivity index (χ2v) is 4.92. The maximum Gasteiger partial charge on any atom is 0.144 e. The quantitative estimate of drug-likeness (QED) is 0.853. The van der Waals surface area contributed by atoms with Crippen LogP contribution in [-0.2, 0) is 0 Å². The summed E-state index contributed by atoms with van der Waals surface area (Å²) in [5.41, 5.74) is 2.59. The van der Waals surface area contributed by atoms with Gasteiger partial charge in [-0.25, -0.2) is 0 Å². The number of rotatable bonds is 2. The van der Waals surface area contributed by atoms with E-state index in [1.165, 1.54) is 11.4 Å². The number of anilines is 2. The summed E-state index contributed by atoms with van der Waals surface area (Å²) in [4.78, 5) is 4.96. The molecular formula is C14H21N3O. The average Bonchev–Trinajstić information content (AvgIpc) is 2.45. The van der Waals surface area contributed by atoms with Crippen molar-refractivity contribution in [3.05, 3.63) is 18.2 Å². The first-order valence-corrected chi connectivity index (χ1v) is 6.74. The molecule has 0 saturated carbocycles. The summed E-state index contributed by atoms with van der Waals surface area (Å²) in [6.45, 7) is 7.55. The molecule has 0 amide bonds. The lowest BCUT2D eigenvalue weighted by molar-refractivity contribution is 0.407. The van der Waals surface area contributed by atoms with Gasteiger partial charge in [-0.3, -0.25) is 0 Å². The molecule has 0 aliphatic carbocycles. The fraction of sp³-hybridized carbons (Fsp3) is 0.571. The van der Waals surface area contributed by atoms with Crippen molar-refractivity contribution in [3.8, 4) is 5.75 Å². The summed E-state index contributed by atoms with van der Waals surface area (Å²) in [6.07, 6.45) is 0. The van der Waals surface area contributed by atoms with E-state index >= 15 is 0 Å². The van der Waals surface area contributed by atoms with Crippen molar-refractivity contribution >= 4 is 11.4 Å². The van der Waals surface area contributed by atoms with Crippen molar-refractivity contribution < 1.29 is 4.74 Å². The Hall–Kier alpha value is -1.42. The molecule has 2 heterocycles. The van der Waals surface area contributed by atoms with Crippen LogP contribution in [0.15, 0.2) is 18.2 Å². The zero-order chi connectivity index (χ0) is 12.5. The maximum atomic E-state index is 5.54. The van der Waals surface area contributed by atoms with Crippen LogP contribution in [0.2, 0.25) is 0 Å². The van der Waals surface area contributed by atoms with Gasteiger partial charge >= 0.3 is 0 Å². The third-order valence-electron chi connectivity index (χ3n) is 3.99. The van der Waals surface area contributed by atoms with Crippen LogP contribution >= 0.6 is 0 Å². The Balaban J connectivity index is 2.07. The fourth-order valence-electron chi connectivity index (χ4n) is 3.10. The molecule has 2 aliphatic heterocycles. The number of fused-ring (bicyclic) bond motifs is 3. The number of para-hydroxylation sites is 1. The van der Waals surface area contributed by atoms with E-state index in [2.05, 4.69) is 40.2 Å². The van der Waals surface area contributed by atoms with E-state index in [1.807, 2.05) is 0 Å². The summed E-state index contributed by atoms with van der Waals surface area (Å²) in [7, 11) is 1.76. The minimum absolute atomic E-state index is 0.582. The molecule has 3 rings (SSSR count). The third-order valence-corrected chi connectivity index (χ3v) is 3.99. The van der Waals surface area contributed by atoms with Crippen LogP contribution in [0.5, 0.6) is 5.75 Å². The first-order valence-electron chi connectivity index (χ1n) is 6.74. The van der Waals surface area contributed by atoms with Crippen molar-refractivity contribution in [1.29, 1.82) is 0 Å². The molecule has 18 heavy (non-hydrogen) atoms. The standard InChI is InChI=1S/C14H21N3O/c1-3-16-10-11-9-15-7-8-17(11)12-5-4-6-13(18-2)14(12)16/h4-6,11,15H,3,7-10H2,1-2H3. The Morgan fingerprint density at radius 3 is 3.11 bits per heavy atom. The Kier molecular flexibility index (Phi) is 3.04. The second kappa shape index (κ2) is 4.69. The van der Waals surface area contributed by atoms with Gasteiger partial charge in [0.25, 0.3) is 0 Å². The highest BCUT2D eigenvalue weighted by molar-refractivity contribution is 5.80. The van der Waals surface area contributed by atoms with Gasteiger partial charge in [-0.1, -0.05) is 6.07 Å². The third kappa shape index (κ3) is 1.72. The molecule has 98 valence electrons. The van der Waals surface area contributed by atoms with E-state index in [0.29, 0.717) is 6.04 Å². The summed E-state index contributed by atoms with van der Waals surface area (Å²) in [5, 5.41) is 3.49. The van der Waals surface area contributed by atoms with Crippen molar-refractivity contribution in [1.82, 2.24) is 5.32 Å². The summed E-state index contributed by atoms with van der Waals surface area (Å²) in [5.74, 6) is 0.992. The van der Waals surface area contributed by atoms with Crippen LogP contribution in [-0.4, -0.2) is 45.9 Å². The van der Waals surface area contributed by atoms with Gasteiger partial charge in [0.05, 0.1) is 18.8 Å². The number of methoxy groups -OCH3 is 1. The van der Waals surface area contributed by atoms with Gasteiger partial charge in [0.2, 0.25) is 0 Å². The highest BCUT2D eigenvalue weighted by Gasteiger charge is 2.33. The zero-order valence-corrected chi connectivity index (χ0v) is 11.1. The normalized spacial score (nSPS) is 22.4. The van der Waals surface area contributed by atoms with E-state index in [0.717, 1.165) is 38.5 Å². The number of likely N-dealkylation sites (N-methyl/N-ethyl adjacent to an activating group) is 1. The highest BCUT2D eigenvalue weighted by atomic mass is 16.5. The van der Waals surface area contributed by atoms with Gasteiger partial charge in [-0.15, -0.1) is 0 Å². The molecule has 2 aliphatic rings. The van der Waals surface area contributed by atoms with Crippen LogP contribution in [0.25, 0.3) is 0 Å². The molecule has 1 fully saturated rings. The molecule has 0 spiro atoms. The number of benzene rings is 1. The summed E-state index contributed by atoms with van der Waals surface area (Å²) in [6, 6.07) is 6.95. The Morgan fingerprint density at radius 2 is 2.33 bits per heavy atom. The first kappa shape index (κ1) is 11.7. The van der Waals surface area contributed by atoms with Crippen molar-refractivity contribution in [2.45, 2.75) is 13.0 Å². The van der Waals surface area contributed by atoms with E-state index in [4.69, 9.17) is 4.74 Å². The number of nitrogens with one attached hydrogen (secondary N) is 1. The monoisotopic (exact) mass is 247 g/mol. The minimum atomic E-state index is 0.582. The maximum absolute atomic E-state index is 5.54. The largest absolute Gasteiger partial charge is 0.495 e. The molecular weight excluding hydrogens is 226 g/mol. The number of hydrogen-bond donors (Lipinski definition) is 1. The molecule has 0 aromatic heterocycles. The van der Waals surface area contributed by atoms with Crippen LogP contribution in [0.1, 0.15) is 6.92 Å². The molecule has 1 aromatic rings. The van der Waals surface area contributed by atoms with E-state index in [-0.39, 0.29) is 0 Å². The van der Waals surface area contributed by atoms with E-state index in [1.54, 1.807) is 7.11 Å². The van der Waals surface area contributed by atoms with Gasteiger partial charge in [0.1, 0.15) is 11.4 Å². The molecule has 1 N–H and O–H groups in total. The van der Waals surface area contributed by atoms with Crippen LogP contribution < -0.4 is 19.9 Å². The lowest BCUT2D eigenvalue weighted by Gasteiger charge is -2.47. The van der Waals surface area contributed by atoms with Gasteiger partial charge < -0.3 is 19.9 Å². The van der Waals surface area contributed by atoms with Crippen molar-refractivity contribution in [2.24, 2.45) is 0 Å². The lowest BCUT2D eigenvalue weighted by Crippen LogP contribution is -2.58. The number of nitrogens with zero attached hydrogens (tertiary/aromatic N) is 2. The summed E-state index contributed by atoms with van der Waals surface area (Å²) < 4.78 is 5.54. The Labute approximate surface area is 109 Å². The fourth-order valence-corrected chi connectivity index (χ4v) is 3.10. The number of ether oxygens (including phenoxy) is 1. The highest BCUT2D eigenvalue weighted by Crippen LogP contribution is 2.42. The van der Waals surface area contributed by atoms with Crippen LogP contribution in [0.4, 0.5) is 11.4 Å². The van der Waals surface area contributed by atoms with Gasteiger partial charge in [0.15, 0.2) is 0 Å². The molecule has 0 bridgehead atoms. The van der Waals surface area contributed by atoms with Crippen LogP contribution in [0, 0.1) is 0 Å². The average molecular weight is 247 g/mol. The Morgan fingerprint density at radius 1 is 1.44 bits per heavy atom. The topological polar surface area (TPSA) is 27.7 Å². The SMILES string of the molecule is CCN1CC2CNCCN2c2cccc(OC)c21. The van der Waals surface area contributed by atoms with Crippen molar-refractivity contribution in [3.63, 3.8) is 0 Å². The number of piperazine rings is 1. The zero-order valence-electron chi connectivity index (χ0n) is 11.1. The lowest BCUT2D eigenvalue weighted by atomic mass is 10.0. The predicted molar refractivity (Wildman–Crippen MR) is 74.9 cm³/mol. The Bertz CT molecular complexity index is 435. The molecule has 1 aromatic carbocycles. The van der Waals surface area contributed by atoms with Crippen LogP contribution in [0.3, 0.4) is 0 Å². The molecule has 1 saturated heterocycles. The molecule has 1 unspecified atom stereocenters. The minimum Gasteiger partial charge on any atom is -0.495 e. The second-order valence-electron chi connectivity index (χ2n) is 4.92. The summed E-state index contributed by atoms with van der Waals surface area (Å²) >= 11 is 0.